The molecule has 0 saturated carbocycles. The normalized spacial score (nSPS) is 12.1. The molecule has 0 saturated heterocycles. The van der Waals surface area contributed by atoms with Gasteiger partial charge in [0.2, 0.25) is 0 Å². The summed E-state index contributed by atoms with van der Waals surface area (Å²) in [6, 6.07) is 77.0. The average molecular weight is 884 g/mol. The zero-order valence-corrected chi connectivity index (χ0v) is 36.9. The van der Waals surface area contributed by atoms with Crippen molar-refractivity contribution in [1.29, 1.82) is 0 Å². The van der Waals surface area contributed by atoms with Crippen LogP contribution in [-0.2, 0) is 0 Å². The average Bonchev–Trinajstić information content (AvgIpc) is 4.09. The Kier molecular flexibility index (Phi) is 7.97. The van der Waals surface area contributed by atoms with Crippen LogP contribution in [0.2, 0.25) is 0 Å². The van der Waals surface area contributed by atoms with E-state index in [2.05, 4.69) is 204 Å². The van der Waals surface area contributed by atoms with Crippen molar-refractivity contribution in [3.8, 4) is 0 Å². The monoisotopic (exact) mass is 883 g/mol. The van der Waals surface area contributed by atoms with Crippen molar-refractivity contribution in [2.24, 2.45) is 0 Å². The second-order valence-electron chi connectivity index (χ2n) is 17.9. The Morgan fingerprint density at radius 1 is 0.261 bits per heavy atom. The Labute approximate surface area is 394 Å². The van der Waals surface area contributed by atoms with Gasteiger partial charge in [-0.2, -0.15) is 0 Å². The van der Waals surface area contributed by atoms with Crippen LogP contribution in [0.5, 0.6) is 0 Å². The number of para-hydroxylation sites is 2. The Morgan fingerprint density at radius 2 is 0.623 bits per heavy atom. The molecule has 0 N–H and O–H groups in total. The fourth-order valence-corrected chi connectivity index (χ4v) is 10.9. The first-order valence-electron chi connectivity index (χ1n) is 23.2. The lowest BCUT2D eigenvalue weighted by Gasteiger charge is -2.27. The smallest absolute Gasteiger partial charge is 0.141 e. The van der Waals surface area contributed by atoms with Gasteiger partial charge in [-0.15, -0.1) is 0 Å². The molecule has 11 aromatic carbocycles. The summed E-state index contributed by atoms with van der Waals surface area (Å²) in [5.41, 5.74) is 9.76. The number of benzene rings is 11. The van der Waals surface area contributed by atoms with Gasteiger partial charge in [-0.1, -0.05) is 133 Å². The fraction of sp³-hybridized carbons (Fsp3) is 0. The number of aromatic nitrogens is 1. The highest BCUT2D eigenvalue weighted by atomic mass is 16.3. The van der Waals surface area contributed by atoms with Crippen LogP contribution in [-0.4, -0.2) is 4.98 Å². The maximum absolute atomic E-state index is 6.98. The maximum atomic E-state index is 6.98. The molecule has 0 radical (unpaired) electrons. The van der Waals surface area contributed by atoms with Crippen molar-refractivity contribution in [2.45, 2.75) is 0 Å². The van der Waals surface area contributed by atoms with Crippen molar-refractivity contribution in [1.82, 2.24) is 4.98 Å². The molecule has 0 amide bonds. The third-order valence-corrected chi connectivity index (χ3v) is 14.0. The second kappa shape index (κ2) is 14.6. The van der Waals surface area contributed by atoms with E-state index >= 15 is 0 Å². The highest BCUT2D eigenvalue weighted by molar-refractivity contribution is 6.17. The van der Waals surface area contributed by atoms with Crippen molar-refractivity contribution in [3.05, 3.63) is 225 Å². The minimum atomic E-state index is 0.723. The van der Waals surface area contributed by atoms with E-state index in [1.165, 1.54) is 21.5 Å². The summed E-state index contributed by atoms with van der Waals surface area (Å²) in [6.45, 7) is 0. The summed E-state index contributed by atoms with van der Waals surface area (Å²) in [5, 5.41) is 15.6. The lowest BCUT2D eigenvalue weighted by atomic mass is 9.99. The molecule has 15 rings (SSSR count). The molecule has 0 atom stereocenters. The Balaban J connectivity index is 0.933. The van der Waals surface area contributed by atoms with Crippen LogP contribution in [0.15, 0.2) is 238 Å². The van der Waals surface area contributed by atoms with Crippen LogP contribution in [0.25, 0.3) is 109 Å². The van der Waals surface area contributed by atoms with E-state index in [0.717, 1.165) is 122 Å². The number of furan rings is 3. The van der Waals surface area contributed by atoms with Gasteiger partial charge in [-0.05, 0) is 93.0 Å². The van der Waals surface area contributed by atoms with E-state index < -0.39 is 0 Å². The van der Waals surface area contributed by atoms with E-state index in [1.54, 1.807) is 0 Å². The number of hydrogen-bond acceptors (Lipinski definition) is 6. The summed E-state index contributed by atoms with van der Waals surface area (Å²) in [5.74, 6) is 0.723. The molecule has 69 heavy (non-hydrogen) atoms. The molecule has 4 aromatic heterocycles. The van der Waals surface area contributed by atoms with Crippen LogP contribution >= 0.6 is 0 Å². The molecular formula is C63H37N3O3. The number of anilines is 6. The lowest BCUT2D eigenvalue weighted by molar-refractivity contribution is 0.668. The van der Waals surface area contributed by atoms with Crippen molar-refractivity contribution >= 4 is 143 Å². The van der Waals surface area contributed by atoms with Crippen LogP contribution in [0.1, 0.15) is 0 Å². The third-order valence-electron chi connectivity index (χ3n) is 14.0. The van der Waals surface area contributed by atoms with Crippen LogP contribution in [0.4, 0.5) is 34.3 Å². The Bertz CT molecular complexity index is 4310. The minimum absolute atomic E-state index is 0.723. The highest BCUT2D eigenvalue weighted by Gasteiger charge is 2.24. The van der Waals surface area contributed by atoms with Gasteiger partial charge in [-0.3, -0.25) is 4.90 Å². The van der Waals surface area contributed by atoms with Crippen molar-refractivity contribution in [3.63, 3.8) is 0 Å². The zero-order chi connectivity index (χ0) is 45.2. The first kappa shape index (κ1) is 37.8. The molecule has 0 unspecified atom stereocenters. The molecule has 6 heteroatoms. The maximum Gasteiger partial charge on any atom is 0.141 e. The molecular weight excluding hydrogens is 847 g/mol. The third kappa shape index (κ3) is 5.76. The molecule has 0 aliphatic heterocycles. The van der Waals surface area contributed by atoms with Crippen LogP contribution < -0.4 is 9.80 Å². The molecule has 4 heterocycles. The summed E-state index contributed by atoms with van der Waals surface area (Å²) < 4.78 is 20.0. The van der Waals surface area contributed by atoms with E-state index in [9.17, 15) is 0 Å². The predicted octanol–water partition coefficient (Wildman–Crippen LogP) is 18.3. The first-order chi connectivity index (χ1) is 34.2. The number of rotatable bonds is 6. The largest absolute Gasteiger partial charge is 0.456 e. The van der Waals surface area contributed by atoms with E-state index in [1.807, 2.05) is 30.5 Å². The topological polar surface area (TPSA) is 58.8 Å². The summed E-state index contributed by atoms with van der Waals surface area (Å²) in [7, 11) is 0. The Hall–Kier alpha value is -9.39. The number of pyridine rings is 1. The minimum Gasteiger partial charge on any atom is -0.456 e. The second-order valence-corrected chi connectivity index (χ2v) is 17.9. The standard InChI is InChI=1S/C63H37N3O3/c1-3-15-43-38(13-1)31-55(47-19-7-5-17-45(43)47)65(40-25-28-51-49-21-9-11-23-57(49)67-59(51)33-40)41-26-30-53-54-37-64-63(36-62(54)69-61(53)34-41)66(42-27-29-52-50-22-10-12-24-58(50)68-60(52)35-42)56-32-39-14-2-4-16-44(39)46-18-6-8-20-48(46)56/h1-37H. The van der Waals surface area contributed by atoms with Gasteiger partial charge in [0.15, 0.2) is 0 Å². The predicted molar refractivity (Wildman–Crippen MR) is 285 cm³/mol. The number of nitrogens with zero attached hydrogens (tertiary/aromatic N) is 3. The molecule has 0 aliphatic carbocycles. The van der Waals surface area contributed by atoms with E-state index in [4.69, 9.17) is 18.2 Å². The quantitative estimate of drug-likeness (QED) is 0.155. The Morgan fingerprint density at radius 3 is 1.14 bits per heavy atom. The molecule has 322 valence electrons. The van der Waals surface area contributed by atoms with E-state index in [0.29, 0.717) is 0 Å². The van der Waals surface area contributed by atoms with Crippen molar-refractivity contribution < 1.29 is 13.3 Å². The molecule has 15 aromatic rings. The van der Waals surface area contributed by atoms with Crippen LogP contribution in [0.3, 0.4) is 0 Å². The summed E-state index contributed by atoms with van der Waals surface area (Å²) in [4.78, 5) is 9.84. The van der Waals surface area contributed by atoms with Crippen molar-refractivity contribution in [2.75, 3.05) is 9.80 Å². The van der Waals surface area contributed by atoms with Gasteiger partial charge in [0.05, 0.1) is 17.1 Å². The van der Waals surface area contributed by atoms with E-state index in [-0.39, 0.29) is 0 Å². The highest BCUT2D eigenvalue weighted by Crippen LogP contribution is 2.47. The molecule has 0 aliphatic rings. The van der Waals surface area contributed by atoms with Gasteiger partial charge in [0.1, 0.15) is 39.3 Å². The molecule has 0 fully saturated rings. The zero-order valence-electron chi connectivity index (χ0n) is 36.9. The number of hydrogen-bond donors (Lipinski definition) is 0. The first-order valence-corrected chi connectivity index (χ1v) is 23.2. The van der Waals surface area contributed by atoms with Crippen LogP contribution in [0, 0.1) is 0 Å². The lowest BCUT2D eigenvalue weighted by Crippen LogP contribution is -2.12. The SMILES string of the molecule is c1ccc2c(c1)cc(N(c1ccc3c(c1)oc1ccccc13)c1ccc3c(c1)oc1cc(N(c4ccc5c(c4)oc4ccccc45)c4cc5ccccc5c5ccccc45)ncc13)c1ccccc12. The van der Waals surface area contributed by atoms with Gasteiger partial charge < -0.3 is 18.2 Å². The van der Waals surface area contributed by atoms with Gasteiger partial charge in [-0.25, -0.2) is 4.98 Å². The summed E-state index contributed by atoms with van der Waals surface area (Å²) >= 11 is 0. The molecule has 0 bridgehead atoms. The molecule has 6 nitrogen and oxygen atoms in total. The summed E-state index contributed by atoms with van der Waals surface area (Å²) in [6.07, 6.45) is 1.95. The number of fused-ring (bicyclic) bond motifs is 15. The fourth-order valence-electron chi connectivity index (χ4n) is 10.9. The molecule has 0 spiro atoms. The van der Waals surface area contributed by atoms with Gasteiger partial charge in [0.25, 0.3) is 0 Å². The van der Waals surface area contributed by atoms with Gasteiger partial charge >= 0.3 is 0 Å². The van der Waals surface area contributed by atoms with Gasteiger partial charge in [0, 0.05) is 84.9 Å².